The molecule has 1 aliphatic heterocycles. The van der Waals surface area contributed by atoms with Crippen molar-refractivity contribution < 1.29 is 9.59 Å². The Bertz CT molecular complexity index is 1260. The highest BCUT2D eigenvalue weighted by Crippen LogP contribution is 2.19. The van der Waals surface area contributed by atoms with Gasteiger partial charge in [0.1, 0.15) is 5.69 Å². The molecule has 0 bridgehead atoms. The maximum Gasteiger partial charge on any atom is 0.257 e. The van der Waals surface area contributed by atoms with Crippen LogP contribution in [0.3, 0.4) is 0 Å². The highest BCUT2D eigenvalue weighted by Gasteiger charge is 2.28. The normalized spacial score (nSPS) is 13.4. The maximum absolute atomic E-state index is 13.0. The molecule has 0 unspecified atom stereocenters. The van der Waals surface area contributed by atoms with E-state index >= 15 is 0 Å². The lowest BCUT2D eigenvalue weighted by molar-refractivity contribution is 0.0647. The number of ketones is 1. The van der Waals surface area contributed by atoms with Gasteiger partial charge in [0.25, 0.3) is 5.91 Å². The van der Waals surface area contributed by atoms with Gasteiger partial charge in [-0.3, -0.25) is 19.3 Å². The molecule has 0 N–H and O–H groups in total. The smallest absolute Gasteiger partial charge is 0.257 e. The SMILES string of the molecule is Cn1ncc(C(=O)N2CCC2)c1C(=O)Cc1ccn2nc(-c3ccncc3)nc2c1. The van der Waals surface area contributed by atoms with E-state index in [2.05, 4.69) is 20.2 Å². The quantitative estimate of drug-likeness (QED) is 0.473. The Morgan fingerprint density at radius 1 is 1.13 bits per heavy atom. The van der Waals surface area contributed by atoms with Crippen LogP contribution in [0, 0.1) is 0 Å². The fraction of sp³-hybridized carbons (Fsp3) is 0.238. The average Bonchev–Trinajstić information content (AvgIpc) is 3.30. The molecule has 0 saturated carbocycles. The number of Topliss-reactive ketones (excluding diaryl/α,β-unsaturated/α-hetero) is 1. The van der Waals surface area contributed by atoms with Gasteiger partial charge in [-0.05, 0) is 36.2 Å². The van der Waals surface area contributed by atoms with E-state index in [0.29, 0.717) is 22.7 Å². The van der Waals surface area contributed by atoms with E-state index < -0.39 is 0 Å². The van der Waals surface area contributed by atoms with Gasteiger partial charge in [0.2, 0.25) is 0 Å². The van der Waals surface area contributed by atoms with Gasteiger partial charge >= 0.3 is 0 Å². The van der Waals surface area contributed by atoms with Gasteiger partial charge in [-0.2, -0.15) is 5.10 Å². The Labute approximate surface area is 172 Å². The molecular formula is C21H19N7O2. The van der Waals surface area contributed by atoms with Crippen LogP contribution in [0.1, 0.15) is 32.8 Å². The standard InChI is InChI=1S/C21H19N7O2/c1-26-19(16(13-23-26)21(30)27-8-2-9-27)17(29)11-14-5-10-28-18(12-14)24-20(25-28)15-3-6-22-7-4-15/h3-7,10,12-13H,2,8-9,11H2,1H3. The van der Waals surface area contributed by atoms with Crippen molar-refractivity contribution in [2.75, 3.05) is 13.1 Å². The van der Waals surface area contributed by atoms with E-state index in [-0.39, 0.29) is 18.1 Å². The van der Waals surface area contributed by atoms with Gasteiger partial charge in [0, 0.05) is 50.7 Å². The highest BCUT2D eigenvalue weighted by atomic mass is 16.2. The molecule has 1 aliphatic rings. The number of pyridine rings is 2. The Morgan fingerprint density at radius 2 is 1.93 bits per heavy atom. The zero-order chi connectivity index (χ0) is 20.7. The molecule has 9 heteroatoms. The number of likely N-dealkylation sites (tertiary alicyclic amines) is 1. The van der Waals surface area contributed by atoms with Crippen molar-refractivity contribution >= 4 is 17.3 Å². The summed E-state index contributed by atoms with van der Waals surface area (Å²) < 4.78 is 3.15. The second-order valence-electron chi connectivity index (χ2n) is 7.29. The molecule has 0 aliphatic carbocycles. The third-order valence-corrected chi connectivity index (χ3v) is 5.28. The lowest BCUT2D eigenvalue weighted by atomic mass is 10.0. The number of carbonyl (C=O) groups is 2. The Balaban J connectivity index is 1.41. The van der Waals surface area contributed by atoms with E-state index in [1.807, 2.05) is 24.3 Å². The Morgan fingerprint density at radius 3 is 2.67 bits per heavy atom. The second kappa shape index (κ2) is 7.18. The summed E-state index contributed by atoms with van der Waals surface area (Å²) in [5, 5.41) is 8.61. The first-order valence-electron chi connectivity index (χ1n) is 9.70. The van der Waals surface area contributed by atoms with Gasteiger partial charge < -0.3 is 4.90 Å². The fourth-order valence-electron chi connectivity index (χ4n) is 3.54. The molecular weight excluding hydrogens is 382 g/mol. The summed E-state index contributed by atoms with van der Waals surface area (Å²) in [5.41, 5.74) is 3.02. The monoisotopic (exact) mass is 401 g/mol. The van der Waals surface area contributed by atoms with Gasteiger partial charge in [0.05, 0.1) is 11.8 Å². The lowest BCUT2D eigenvalue weighted by Gasteiger charge is -2.30. The summed E-state index contributed by atoms with van der Waals surface area (Å²) >= 11 is 0. The fourth-order valence-corrected chi connectivity index (χ4v) is 3.54. The van der Waals surface area contributed by atoms with Gasteiger partial charge in [-0.25, -0.2) is 9.50 Å². The molecule has 1 amide bonds. The largest absolute Gasteiger partial charge is 0.338 e. The van der Waals surface area contributed by atoms with Crippen LogP contribution < -0.4 is 0 Å². The van der Waals surface area contributed by atoms with Gasteiger partial charge in [-0.1, -0.05) is 0 Å². The van der Waals surface area contributed by atoms with E-state index in [1.165, 1.54) is 10.9 Å². The molecule has 0 spiro atoms. The molecule has 30 heavy (non-hydrogen) atoms. The minimum atomic E-state index is -0.155. The van der Waals surface area contributed by atoms with Gasteiger partial charge in [-0.15, -0.1) is 5.10 Å². The number of amides is 1. The van der Waals surface area contributed by atoms with Crippen molar-refractivity contribution in [1.82, 2.24) is 34.3 Å². The van der Waals surface area contributed by atoms with Crippen LogP contribution >= 0.6 is 0 Å². The zero-order valence-corrected chi connectivity index (χ0v) is 16.4. The molecule has 1 saturated heterocycles. The van der Waals surface area contributed by atoms with E-state index in [9.17, 15) is 9.59 Å². The summed E-state index contributed by atoms with van der Waals surface area (Å²) in [4.78, 5) is 36.0. The van der Waals surface area contributed by atoms with Crippen molar-refractivity contribution in [3.05, 3.63) is 65.9 Å². The van der Waals surface area contributed by atoms with Crippen LogP contribution in [0.4, 0.5) is 0 Å². The molecule has 4 aromatic rings. The topological polar surface area (TPSA) is 98.3 Å². The van der Waals surface area contributed by atoms with Crippen LogP contribution in [-0.2, 0) is 13.5 Å². The van der Waals surface area contributed by atoms with Crippen molar-refractivity contribution in [2.45, 2.75) is 12.8 Å². The molecule has 1 fully saturated rings. The summed E-state index contributed by atoms with van der Waals surface area (Å²) in [5.74, 6) is 0.305. The van der Waals surface area contributed by atoms with Crippen molar-refractivity contribution in [2.24, 2.45) is 7.05 Å². The number of hydrogen-bond acceptors (Lipinski definition) is 6. The lowest BCUT2D eigenvalue weighted by Crippen LogP contribution is -2.42. The summed E-state index contributed by atoms with van der Waals surface area (Å²) in [6.45, 7) is 1.45. The van der Waals surface area contributed by atoms with Gasteiger partial charge in [0.15, 0.2) is 17.3 Å². The first kappa shape index (κ1) is 18.2. The summed E-state index contributed by atoms with van der Waals surface area (Å²) in [6.07, 6.45) is 7.79. The molecule has 0 atom stereocenters. The average molecular weight is 401 g/mol. The number of carbonyl (C=O) groups excluding carboxylic acids is 2. The zero-order valence-electron chi connectivity index (χ0n) is 16.4. The maximum atomic E-state index is 13.0. The van der Waals surface area contributed by atoms with E-state index in [1.54, 1.807) is 35.1 Å². The van der Waals surface area contributed by atoms with Crippen LogP contribution in [0.25, 0.3) is 17.0 Å². The third-order valence-electron chi connectivity index (χ3n) is 5.28. The number of aromatic nitrogens is 6. The molecule has 5 rings (SSSR count). The van der Waals surface area contributed by atoms with Crippen LogP contribution in [0.15, 0.2) is 49.1 Å². The van der Waals surface area contributed by atoms with Crippen molar-refractivity contribution in [3.8, 4) is 11.4 Å². The first-order chi connectivity index (χ1) is 14.6. The van der Waals surface area contributed by atoms with Crippen molar-refractivity contribution in [3.63, 3.8) is 0 Å². The number of nitrogens with zero attached hydrogens (tertiary/aromatic N) is 7. The molecule has 150 valence electrons. The van der Waals surface area contributed by atoms with Crippen LogP contribution in [0.2, 0.25) is 0 Å². The van der Waals surface area contributed by atoms with E-state index in [0.717, 1.165) is 30.6 Å². The van der Waals surface area contributed by atoms with Crippen LogP contribution in [-0.4, -0.2) is 59.0 Å². The molecule has 9 nitrogen and oxygen atoms in total. The number of rotatable bonds is 5. The second-order valence-corrected chi connectivity index (χ2v) is 7.29. The number of fused-ring (bicyclic) bond motifs is 1. The molecule has 0 aromatic carbocycles. The first-order valence-corrected chi connectivity index (χ1v) is 9.70. The minimum Gasteiger partial charge on any atom is -0.338 e. The highest BCUT2D eigenvalue weighted by molar-refractivity contribution is 6.07. The molecule has 5 heterocycles. The number of hydrogen-bond donors (Lipinski definition) is 0. The minimum absolute atomic E-state index is 0.132. The van der Waals surface area contributed by atoms with E-state index in [4.69, 9.17) is 0 Å². The Kier molecular flexibility index (Phi) is 4.35. The summed E-state index contributed by atoms with van der Waals surface area (Å²) in [6, 6.07) is 7.36. The van der Waals surface area contributed by atoms with Crippen molar-refractivity contribution in [1.29, 1.82) is 0 Å². The molecule has 0 radical (unpaired) electrons. The summed E-state index contributed by atoms with van der Waals surface area (Å²) in [7, 11) is 1.68. The number of aryl methyl sites for hydroxylation is 1. The molecule has 4 aromatic heterocycles. The predicted molar refractivity (Wildman–Crippen MR) is 108 cm³/mol. The van der Waals surface area contributed by atoms with Crippen LogP contribution in [0.5, 0.6) is 0 Å². The predicted octanol–water partition coefficient (Wildman–Crippen LogP) is 1.80. The Hall–Kier alpha value is -3.88. The third kappa shape index (κ3) is 3.14.